The summed E-state index contributed by atoms with van der Waals surface area (Å²) < 4.78 is 9.85. The van der Waals surface area contributed by atoms with Gasteiger partial charge in [-0.25, -0.2) is 4.63 Å². The normalized spacial score (nSPS) is 10.5. The van der Waals surface area contributed by atoms with Crippen LogP contribution in [0.15, 0.2) is 28.9 Å². The van der Waals surface area contributed by atoms with Crippen LogP contribution in [0.25, 0.3) is 0 Å². The van der Waals surface area contributed by atoms with Crippen LogP contribution in [0.5, 0.6) is 5.75 Å². The molecule has 9 heteroatoms. The molecule has 0 spiro atoms. The number of anilines is 1. The van der Waals surface area contributed by atoms with E-state index < -0.39 is 5.91 Å². The Hall–Kier alpha value is -3.10. The SMILES string of the molecule is CC(C)Oc1ccc(C(=O)NCCNC(=O)c2nonc2N)cc1. The molecule has 2 rings (SSSR count). The quantitative estimate of drug-likeness (QED) is 0.632. The molecule has 0 saturated carbocycles. The summed E-state index contributed by atoms with van der Waals surface area (Å²) in [4.78, 5) is 23.7. The molecular formula is C15H19N5O4. The number of nitrogen functional groups attached to an aromatic ring is 1. The highest BCUT2D eigenvalue weighted by molar-refractivity contribution is 5.96. The molecule has 24 heavy (non-hydrogen) atoms. The van der Waals surface area contributed by atoms with E-state index >= 15 is 0 Å². The summed E-state index contributed by atoms with van der Waals surface area (Å²) in [6, 6.07) is 6.81. The average molecular weight is 333 g/mol. The van der Waals surface area contributed by atoms with E-state index in [4.69, 9.17) is 10.5 Å². The lowest BCUT2D eigenvalue weighted by molar-refractivity contribution is 0.0922. The summed E-state index contributed by atoms with van der Waals surface area (Å²) in [5.41, 5.74) is 5.82. The number of carbonyl (C=O) groups is 2. The molecule has 0 saturated heterocycles. The number of nitrogens with zero attached hydrogens (tertiary/aromatic N) is 2. The second-order valence-corrected chi connectivity index (χ2v) is 5.20. The zero-order chi connectivity index (χ0) is 17.5. The molecule has 0 aliphatic carbocycles. The smallest absolute Gasteiger partial charge is 0.277 e. The fraction of sp³-hybridized carbons (Fsp3) is 0.333. The highest BCUT2D eigenvalue weighted by atomic mass is 16.6. The molecule has 4 N–H and O–H groups in total. The zero-order valence-corrected chi connectivity index (χ0v) is 13.4. The second-order valence-electron chi connectivity index (χ2n) is 5.20. The van der Waals surface area contributed by atoms with E-state index in [0.717, 1.165) is 0 Å². The Balaban J connectivity index is 1.75. The van der Waals surface area contributed by atoms with Gasteiger partial charge >= 0.3 is 0 Å². The van der Waals surface area contributed by atoms with E-state index in [1.165, 1.54) is 0 Å². The van der Waals surface area contributed by atoms with Gasteiger partial charge in [0.1, 0.15) is 5.75 Å². The molecule has 0 fully saturated rings. The first-order valence-corrected chi connectivity index (χ1v) is 7.38. The third-order valence-electron chi connectivity index (χ3n) is 2.91. The molecule has 2 aromatic rings. The fourth-order valence-corrected chi connectivity index (χ4v) is 1.85. The Bertz CT molecular complexity index is 696. The molecule has 0 atom stereocenters. The topological polar surface area (TPSA) is 132 Å². The summed E-state index contributed by atoms with van der Waals surface area (Å²) >= 11 is 0. The number of hydrogen-bond acceptors (Lipinski definition) is 7. The number of hydrogen-bond donors (Lipinski definition) is 3. The summed E-state index contributed by atoms with van der Waals surface area (Å²) in [5.74, 6) is -0.144. The molecule has 0 bridgehead atoms. The van der Waals surface area contributed by atoms with E-state index in [1.54, 1.807) is 24.3 Å². The molecule has 2 amide bonds. The van der Waals surface area contributed by atoms with Gasteiger partial charge in [-0.15, -0.1) is 0 Å². The van der Waals surface area contributed by atoms with Crippen molar-refractivity contribution in [3.8, 4) is 5.75 Å². The van der Waals surface area contributed by atoms with Crippen molar-refractivity contribution >= 4 is 17.6 Å². The standard InChI is InChI=1S/C15H19N5O4/c1-9(2)23-11-5-3-10(4-6-11)14(21)17-7-8-18-15(22)12-13(16)20-24-19-12/h3-6,9H,7-8H2,1-2H3,(H2,16,20)(H,17,21)(H,18,22). The molecule has 128 valence electrons. The molecule has 0 aliphatic heterocycles. The monoisotopic (exact) mass is 333 g/mol. The minimum atomic E-state index is -0.516. The maximum absolute atomic E-state index is 12.0. The van der Waals surface area contributed by atoms with Crippen molar-refractivity contribution in [3.05, 3.63) is 35.5 Å². The predicted molar refractivity (Wildman–Crippen MR) is 85.6 cm³/mol. The molecule has 1 aromatic carbocycles. The van der Waals surface area contributed by atoms with Crippen LogP contribution in [0, 0.1) is 0 Å². The lowest BCUT2D eigenvalue weighted by Gasteiger charge is -2.10. The van der Waals surface area contributed by atoms with E-state index in [0.29, 0.717) is 11.3 Å². The van der Waals surface area contributed by atoms with Crippen LogP contribution in [-0.4, -0.2) is 41.3 Å². The van der Waals surface area contributed by atoms with Gasteiger partial charge in [-0.3, -0.25) is 9.59 Å². The summed E-state index contributed by atoms with van der Waals surface area (Å²) in [6.07, 6.45) is 0.0715. The first-order chi connectivity index (χ1) is 11.5. The average Bonchev–Trinajstić information content (AvgIpc) is 2.97. The lowest BCUT2D eigenvalue weighted by Crippen LogP contribution is -2.35. The largest absolute Gasteiger partial charge is 0.491 e. The van der Waals surface area contributed by atoms with Crippen LogP contribution in [0.1, 0.15) is 34.7 Å². The Morgan fingerprint density at radius 1 is 1.12 bits per heavy atom. The maximum Gasteiger partial charge on any atom is 0.277 e. The van der Waals surface area contributed by atoms with Gasteiger partial charge in [-0.05, 0) is 48.4 Å². The Labute approximate surface area is 138 Å². The first-order valence-electron chi connectivity index (χ1n) is 7.38. The summed E-state index contributed by atoms with van der Waals surface area (Å²) in [5, 5.41) is 11.9. The van der Waals surface area contributed by atoms with Gasteiger partial charge in [0.15, 0.2) is 0 Å². The molecule has 9 nitrogen and oxygen atoms in total. The van der Waals surface area contributed by atoms with E-state index in [9.17, 15) is 9.59 Å². The van der Waals surface area contributed by atoms with Crippen molar-refractivity contribution in [2.24, 2.45) is 0 Å². The first kappa shape index (κ1) is 17.3. The number of nitrogens with one attached hydrogen (secondary N) is 2. The van der Waals surface area contributed by atoms with Crippen LogP contribution in [0.3, 0.4) is 0 Å². The number of amides is 2. The number of aromatic nitrogens is 2. The molecule has 1 aromatic heterocycles. The van der Waals surface area contributed by atoms with Crippen molar-refractivity contribution < 1.29 is 19.0 Å². The van der Waals surface area contributed by atoms with Gasteiger partial charge in [0.2, 0.25) is 11.5 Å². The number of nitrogens with two attached hydrogens (primary N) is 1. The van der Waals surface area contributed by atoms with Gasteiger partial charge in [-0.2, -0.15) is 0 Å². The predicted octanol–water partition coefficient (Wildman–Crippen LogP) is 0.599. The summed E-state index contributed by atoms with van der Waals surface area (Å²) in [7, 11) is 0. The lowest BCUT2D eigenvalue weighted by atomic mass is 10.2. The van der Waals surface area contributed by atoms with E-state index in [-0.39, 0.29) is 36.6 Å². The molecule has 0 radical (unpaired) electrons. The van der Waals surface area contributed by atoms with Crippen LogP contribution >= 0.6 is 0 Å². The Morgan fingerprint density at radius 3 is 2.29 bits per heavy atom. The maximum atomic E-state index is 12.0. The van der Waals surface area contributed by atoms with Crippen LogP contribution < -0.4 is 21.1 Å². The van der Waals surface area contributed by atoms with Crippen molar-refractivity contribution in [1.29, 1.82) is 0 Å². The van der Waals surface area contributed by atoms with Crippen molar-refractivity contribution in [2.45, 2.75) is 20.0 Å². The van der Waals surface area contributed by atoms with Crippen molar-refractivity contribution in [2.75, 3.05) is 18.8 Å². The minimum absolute atomic E-state index is 0.0715. The van der Waals surface area contributed by atoms with Gasteiger partial charge in [0.25, 0.3) is 11.8 Å². The number of rotatable bonds is 7. The van der Waals surface area contributed by atoms with Crippen molar-refractivity contribution in [3.63, 3.8) is 0 Å². The van der Waals surface area contributed by atoms with Gasteiger partial charge in [0, 0.05) is 18.7 Å². The Morgan fingerprint density at radius 2 is 1.75 bits per heavy atom. The number of ether oxygens (including phenoxy) is 1. The van der Waals surface area contributed by atoms with Gasteiger partial charge < -0.3 is 21.1 Å². The zero-order valence-electron chi connectivity index (χ0n) is 13.4. The van der Waals surface area contributed by atoms with Gasteiger partial charge in [0.05, 0.1) is 6.10 Å². The highest BCUT2D eigenvalue weighted by Crippen LogP contribution is 2.13. The minimum Gasteiger partial charge on any atom is -0.491 e. The van der Waals surface area contributed by atoms with Crippen LogP contribution in [-0.2, 0) is 0 Å². The second kappa shape index (κ2) is 7.95. The number of carbonyl (C=O) groups excluding carboxylic acids is 2. The molecular weight excluding hydrogens is 314 g/mol. The third kappa shape index (κ3) is 4.70. The molecule has 0 unspecified atom stereocenters. The van der Waals surface area contributed by atoms with E-state index in [2.05, 4.69) is 25.6 Å². The van der Waals surface area contributed by atoms with Crippen LogP contribution in [0.2, 0.25) is 0 Å². The Kier molecular flexibility index (Phi) is 5.72. The molecule has 0 aliphatic rings. The highest BCUT2D eigenvalue weighted by Gasteiger charge is 2.15. The van der Waals surface area contributed by atoms with Gasteiger partial charge in [-0.1, -0.05) is 0 Å². The fourth-order valence-electron chi connectivity index (χ4n) is 1.85. The van der Waals surface area contributed by atoms with E-state index in [1.807, 2.05) is 13.8 Å². The number of benzene rings is 1. The summed E-state index contributed by atoms with van der Waals surface area (Å²) in [6.45, 7) is 4.32. The molecule has 1 heterocycles. The van der Waals surface area contributed by atoms with Crippen LogP contribution in [0.4, 0.5) is 5.82 Å². The van der Waals surface area contributed by atoms with Crippen molar-refractivity contribution in [1.82, 2.24) is 20.9 Å². The third-order valence-corrected chi connectivity index (χ3v) is 2.91.